The maximum atomic E-state index is 15.2. The minimum atomic E-state index is -1.02. The van der Waals surface area contributed by atoms with Crippen LogP contribution in [-0.4, -0.2) is 0 Å². The summed E-state index contributed by atoms with van der Waals surface area (Å²) in [6.07, 6.45) is 3.82. The van der Waals surface area contributed by atoms with Crippen molar-refractivity contribution >= 4 is 21.4 Å². The highest BCUT2D eigenvalue weighted by Gasteiger charge is 2.20. The first-order chi connectivity index (χ1) is 14.5. The van der Waals surface area contributed by atoms with Gasteiger partial charge in [-0.1, -0.05) is 75.2 Å². The highest BCUT2D eigenvalue weighted by molar-refractivity contribution is 7.19. The van der Waals surface area contributed by atoms with Crippen molar-refractivity contribution in [1.29, 1.82) is 0 Å². The number of fused-ring (bicyclic) bond motifs is 1. The van der Waals surface area contributed by atoms with Crippen LogP contribution in [-0.2, 0) is 12.8 Å². The van der Waals surface area contributed by atoms with Gasteiger partial charge in [0.25, 0.3) is 0 Å². The minimum Gasteiger partial charge on any atom is -0.205 e. The number of benzene rings is 3. The molecule has 0 bridgehead atoms. The van der Waals surface area contributed by atoms with Gasteiger partial charge in [0.1, 0.15) is 5.82 Å². The van der Waals surface area contributed by atoms with Crippen molar-refractivity contribution in [3.05, 3.63) is 82.5 Å². The van der Waals surface area contributed by atoms with Crippen LogP contribution in [0.4, 0.5) is 13.2 Å². The third-order valence-electron chi connectivity index (χ3n) is 5.35. The fourth-order valence-electron chi connectivity index (χ4n) is 3.82. The van der Waals surface area contributed by atoms with E-state index in [1.165, 1.54) is 29.5 Å². The van der Waals surface area contributed by atoms with Gasteiger partial charge in [-0.3, -0.25) is 0 Å². The van der Waals surface area contributed by atoms with Crippen LogP contribution in [0.3, 0.4) is 0 Å². The molecule has 0 spiro atoms. The molecule has 0 radical (unpaired) electrons. The first kappa shape index (κ1) is 20.7. The van der Waals surface area contributed by atoms with Crippen molar-refractivity contribution in [3.8, 4) is 22.3 Å². The van der Waals surface area contributed by atoms with Gasteiger partial charge >= 0.3 is 0 Å². The summed E-state index contributed by atoms with van der Waals surface area (Å²) in [6.45, 7) is 4.17. The highest BCUT2D eigenvalue weighted by atomic mass is 32.1. The predicted molar refractivity (Wildman–Crippen MR) is 121 cm³/mol. The molecule has 30 heavy (non-hydrogen) atoms. The van der Waals surface area contributed by atoms with Crippen LogP contribution in [0.5, 0.6) is 0 Å². The van der Waals surface area contributed by atoms with Gasteiger partial charge in [0.15, 0.2) is 11.6 Å². The Morgan fingerprint density at radius 2 is 1.27 bits per heavy atom. The number of aryl methyl sites for hydroxylation is 2. The van der Waals surface area contributed by atoms with Crippen LogP contribution in [0.25, 0.3) is 32.3 Å². The number of hydrogen-bond acceptors (Lipinski definition) is 1. The van der Waals surface area contributed by atoms with Crippen LogP contribution in [0.1, 0.15) is 37.1 Å². The Bertz CT molecular complexity index is 1190. The van der Waals surface area contributed by atoms with E-state index in [2.05, 4.69) is 13.8 Å². The molecule has 0 amide bonds. The Balaban J connectivity index is 1.75. The maximum Gasteiger partial charge on any atom is 0.167 e. The van der Waals surface area contributed by atoms with Gasteiger partial charge in [0.05, 0.1) is 4.70 Å². The van der Waals surface area contributed by atoms with E-state index in [0.717, 1.165) is 41.5 Å². The summed E-state index contributed by atoms with van der Waals surface area (Å²) in [5.74, 6) is -2.46. The SMILES string of the molecule is CCCc1ccc(-c2ccc(-c3ccc4cc(CCC)sc4c3F)c(F)c2F)cc1. The molecule has 0 atom stereocenters. The summed E-state index contributed by atoms with van der Waals surface area (Å²) < 4.78 is 45.6. The molecule has 154 valence electrons. The summed E-state index contributed by atoms with van der Waals surface area (Å²) in [5, 5.41) is 0.800. The van der Waals surface area contributed by atoms with E-state index in [4.69, 9.17) is 0 Å². The van der Waals surface area contributed by atoms with Crippen molar-refractivity contribution in [2.24, 2.45) is 0 Å². The van der Waals surface area contributed by atoms with Crippen LogP contribution in [0.2, 0.25) is 0 Å². The predicted octanol–water partition coefficient (Wildman–Crippen LogP) is 8.56. The molecule has 1 aromatic heterocycles. The summed E-state index contributed by atoms with van der Waals surface area (Å²) >= 11 is 1.38. The minimum absolute atomic E-state index is 0.0521. The van der Waals surface area contributed by atoms with Gasteiger partial charge in [-0.25, -0.2) is 13.2 Å². The third-order valence-corrected chi connectivity index (χ3v) is 6.55. The number of thiophene rings is 1. The number of rotatable bonds is 6. The second kappa shape index (κ2) is 8.65. The lowest BCUT2D eigenvalue weighted by Crippen LogP contribution is -1.96. The Hall–Kier alpha value is -2.59. The van der Waals surface area contributed by atoms with Gasteiger partial charge in [0, 0.05) is 21.6 Å². The zero-order valence-electron chi connectivity index (χ0n) is 17.1. The molecule has 4 rings (SSSR count). The van der Waals surface area contributed by atoms with E-state index in [1.807, 2.05) is 18.2 Å². The molecule has 0 saturated heterocycles. The quantitative estimate of drug-likeness (QED) is 0.291. The summed E-state index contributed by atoms with van der Waals surface area (Å²) in [5.41, 5.74) is 1.99. The fourth-order valence-corrected chi connectivity index (χ4v) is 5.02. The maximum absolute atomic E-state index is 15.2. The topological polar surface area (TPSA) is 0 Å². The average molecular weight is 425 g/mol. The largest absolute Gasteiger partial charge is 0.205 e. The molecule has 0 fully saturated rings. The second-order valence-electron chi connectivity index (χ2n) is 7.54. The zero-order valence-corrected chi connectivity index (χ0v) is 17.9. The van der Waals surface area contributed by atoms with Crippen LogP contribution < -0.4 is 0 Å². The van der Waals surface area contributed by atoms with Crippen LogP contribution in [0.15, 0.2) is 54.6 Å². The Morgan fingerprint density at radius 3 is 1.97 bits per heavy atom. The van der Waals surface area contributed by atoms with E-state index in [1.54, 1.807) is 18.2 Å². The molecule has 0 aliphatic heterocycles. The molecular formula is C26H23F3S. The van der Waals surface area contributed by atoms with E-state index in [9.17, 15) is 4.39 Å². The molecule has 0 unspecified atom stereocenters. The van der Waals surface area contributed by atoms with Gasteiger partial charge in [-0.15, -0.1) is 11.3 Å². The average Bonchev–Trinajstić information content (AvgIpc) is 3.16. The lowest BCUT2D eigenvalue weighted by Gasteiger charge is -2.11. The zero-order chi connectivity index (χ0) is 21.3. The Morgan fingerprint density at radius 1 is 0.667 bits per heavy atom. The standard InChI is InChI=1S/C26H23F3S/c1-3-5-16-7-9-17(10-8-16)20-13-14-21(24(28)23(20)27)22-12-11-18-15-19(6-4-2)30-26(18)25(22)29/h7-15H,3-6H2,1-2H3. The van der Waals surface area contributed by atoms with E-state index >= 15 is 8.78 Å². The van der Waals surface area contributed by atoms with E-state index in [0.29, 0.717) is 10.3 Å². The number of halogens is 3. The lowest BCUT2D eigenvalue weighted by molar-refractivity contribution is 0.513. The summed E-state index contributed by atoms with van der Waals surface area (Å²) in [6, 6.07) is 15.8. The molecular weight excluding hydrogens is 401 g/mol. The smallest absolute Gasteiger partial charge is 0.167 e. The molecule has 0 aliphatic rings. The molecule has 0 nitrogen and oxygen atoms in total. The van der Waals surface area contributed by atoms with Gasteiger partial charge < -0.3 is 0 Å². The third kappa shape index (κ3) is 3.77. The van der Waals surface area contributed by atoms with E-state index in [-0.39, 0.29) is 16.7 Å². The van der Waals surface area contributed by atoms with Crippen molar-refractivity contribution in [2.45, 2.75) is 39.5 Å². The van der Waals surface area contributed by atoms with Gasteiger partial charge in [-0.2, -0.15) is 0 Å². The van der Waals surface area contributed by atoms with E-state index < -0.39 is 17.5 Å². The van der Waals surface area contributed by atoms with Crippen LogP contribution >= 0.6 is 11.3 Å². The Kier molecular flexibility index (Phi) is 5.96. The van der Waals surface area contributed by atoms with Gasteiger partial charge in [-0.05, 0) is 35.4 Å². The van der Waals surface area contributed by atoms with Crippen molar-refractivity contribution in [3.63, 3.8) is 0 Å². The first-order valence-corrected chi connectivity index (χ1v) is 11.1. The molecule has 4 aromatic rings. The van der Waals surface area contributed by atoms with Gasteiger partial charge in [0.2, 0.25) is 0 Å². The van der Waals surface area contributed by atoms with Crippen molar-refractivity contribution in [2.75, 3.05) is 0 Å². The highest BCUT2D eigenvalue weighted by Crippen LogP contribution is 2.37. The summed E-state index contributed by atoms with van der Waals surface area (Å²) in [7, 11) is 0. The molecule has 3 aromatic carbocycles. The molecule has 0 aliphatic carbocycles. The normalized spacial score (nSPS) is 11.4. The van der Waals surface area contributed by atoms with Crippen LogP contribution in [0, 0.1) is 17.5 Å². The number of hydrogen-bond donors (Lipinski definition) is 0. The molecule has 1 heterocycles. The Labute approximate surface area is 179 Å². The van der Waals surface area contributed by atoms with Crippen molar-refractivity contribution < 1.29 is 13.2 Å². The monoisotopic (exact) mass is 424 g/mol. The second-order valence-corrected chi connectivity index (χ2v) is 8.68. The fraction of sp³-hybridized carbons (Fsp3) is 0.231. The van der Waals surface area contributed by atoms with Crippen molar-refractivity contribution in [1.82, 2.24) is 0 Å². The molecule has 4 heteroatoms. The summed E-state index contributed by atoms with van der Waals surface area (Å²) in [4.78, 5) is 1.09. The first-order valence-electron chi connectivity index (χ1n) is 10.3. The molecule has 0 saturated carbocycles. The molecule has 0 N–H and O–H groups in total. The lowest BCUT2D eigenvalue weighted by atomic mass is 9.97.